The Kier molecular flexibility index (Phi) is 6.41. The molecule has 0 saturated carbocycles. The van der Waals surface area contributed by atoms with Gasteiger partial charge in [-0.2, -0.15) is 0 Å². The standard InChI is InChI=1S/C12H22N2O5S/c13-11(15)3-7-20(18,19)8-6-14-4-1-10(2-5-14)9-12(16)17/h10H,1-9H2,(H2,13,15)(H,16,17). The van der Waals surface area contributed by atoms with Crippen molar-refractivity contribution in [1.29, 1.82) is 0 Å². The van der Waals surface area contributed by atoms with E-state index in [1.807, 2.05) is 4.90 Å². The van der Waals surface area contributed by atoms with Gasteiger partial charge in [-0.3, -0.25) is 9.59 Å². The molecule has 1 fully saturated rings. The number of hydrogen-bond donors (Lipinski definition) is 2. The maximum Gasteiger partial charge on any atom is 0.303 e. The minimum absolute atomic E-state index is 0.0177. The summed E-state index contributed by atoms with van der Waals surface area (Å²) < 4.78 is 23.4. The van der Waals surface area contributed by atoms with Crippen LogP contribution in [0.25, 0.3) is 0 Å². The molecule has 0 aliphatic carbocycles. The first-order chi connectivity index (χ1) is 9.28. The molecule has 1 amide bonds. The Hall–Kier alpha value is -1.15. The van der Waals surface area contributed by atoms with E-state index in [1.54, 1.807) is 0 Å². The molecule has 116 valence electrons. The van der Waals surface area contributed by atoms with Crippen LogP contribution in [0.1, 0.15) is 25.7 Å². The zero-order chi connectivity index (χ0) is 15.2. The number of nitrogens with zero attached hydrogens (tertiary/aromatic N) is 1. The van der Waals surface area contributed by atoms with E-state index < -0.39 is 21.7 Å². The van der Waals surface area contributed by atoms with E-state index in [1.165, 1.54) is 0 Å². The van der Waals surface area contributed by atoms with Gasteiger partial charge in [0, 0.05) is 19.4 Å². The number of amides is 1. The van der Waals surface area contributed by atoms with Crippen LogP contribution in [0, 0.1) is 5.92 Å². The van der Waals surface area contributed by atoms with Gasteiger partial charge in [-0.1, -0.05) is 0 Å². The predicted molar refractivity (Wildman–Crippen MR) is 73.9 cm³/mol. The summed E-state index contributed by atoms with van der Waals surface area (Å²) >= 11 is 0. The summed E-state index contributed by atoms with van der Waals surface area (Å²) in [5.41, 5.74) is 4.93. The molecule has 0 atom stereocenters. The fourth-order valence-electron chi connectivity index (χ4n) is 2.29. The number of rotatable bonds is 8. The largest absolute Gasteiger partial charge is 0.481 e. The van der Waals surface area contributed by atoms with Crippen LogP contribution in [0.5, 0.6) is 0 Å². The molecule has 0 unspecified atom stereocenters. The molecule has 1 heterocycles. The molecule has 1 aliphatic heterocycles. The van der Waals surface area contributed by atoms with Crippen LogP contribution in [-0.2, 0) is 19.4 Å². The van der Waals surface area contributed by atoms with Gasteiger partial charge in [0.1, 0.15) is 0 Å². The summed E-state index contributed by atoms with van der Waals surface area (Å²) in [5.74, 6) is -1.38. The third-order valence-corrected chi connectivity index (χ3v) is 5.18. The van der Waals surface area contributed by atoms with Gasteiger partial charge in [-0.15, -0.1) is 0 Å². The number of sulfone groups is 1. The Morgan fingerprint density at radius 2 is 1.80 bits per heavy atom. The molecular formula is C12H22N2O5S. The molecule has 0 spiro atoms. The van der Waals surface area contributed by atoms with E-state index in [0.29, 0.717) is 6.54 Å². The van der Waals surface area contributed by atoms with Crippen molar-refractivity contribution in [1.82, 2.24) is 4.90 Å². The Balaban J connectivity index is 2.27. The molecule has 1 aliphatic rings. The van der Waals surface area contributed by atoms with Crippen LogP contribution < -0.4 is 5.73 Å². The highest BCUT2D eigenvalue weighted by Crippen LogP contribution is 2.20. The Morgan fingerprint density at radius 1 is 1.20 bits per heavy atom. The lowest BCUT2D eigenvalue weighted by Gasteiger charge is -2.31. The van der Waals surface area contributed by atoms with Crippen molar-refractivity contribution in [3.05, 3.63) is 0 Å². The average Bonchev–Trinajstić information content (AvgIpc) is 2.35. The van der Waals surface area contributed by atoms with Gasteiger partial charge in [0.25, 0.3) is 0 Å². The van der Waals surface area contributed by atoms with Crippen molar-refractivity contribution in [2.75, 3.05) is 31.1 Å². The molecule has 0 bridgehead atoms. The Morgan fingerprint density at radius 3 is 2.30 bits per heavy atom. The minimum atomic E-state index is -3.25. The summed E-state index contributed by atoms with van der Waals surface area (Å²) in [7, 11) is -3.25. The number of aliphatic carboxylic acids is 1. The number of carbonyl (C=O) groups is 2. The number of carboxylic acid groups (broad SMARTS) is 1. The van der Waals surface area contributed by atoms with Gasteiger partial charge < -0.3 is 15.7 Å². The molecule has 0 aromatic carbocycles. The van der Waals surface area contributed by atoms with Crippen LogP contribution >= 0.6 is 0 Å². The molecule has 3 N–H and O–H groups in total. The SMILES string of the molecule is NC(=O)CCS(=O)(=O)CCN1CCC(CC(=O)O)CC1. The van der Waals surface area contributed by atoms with Crippen molar-refractivity contribution in [3.8, 4) is 0 Å². The number of primary amides is 1. The number of carbonyl (C=O) groups excluding carboxylic acids is 1. The van der Waals surface area contributed by atoms with Gasteiger partial charge in [0.2, 0.25) is 5.91 Å². The topological polar surface area (TPSA) is 118 Å². The fourth-order valence-corrected chi connectivity index (χ4v) is 3.54. The lowest BCUT2D eigenvalue weighted by Crippen LogP contribution is -2.37. The third kappa shape index (κ3) is 6.85. The van der Waals surface area contributed by atoms with Crippen molar-refractivity contribution >= 4 is 21.7 Å². The van der Waals surface area contributed by atoms with Crippen molar-refractivity contribution in [3.63, 3.8) is 0 Å². The van der Waals surface area contributed by atoms with Gasteiger partial charge in [0.05, 0.1) is 11.5 Å². The number of hydrogen-bond acceptors (Lipinski definition) is 5. The first-order valence-electron chi connectivity index (χ1n) is 6.71. The van der Waals surface area contributed by atoms with Gasteiger partial charge in [0.15, 0.2) is 9.84 Å². The fraction of sp³-hybridized carbons (Fsp3) is 0.833. The van der Waals surface area contributed by atoms with Crippen LogP contribution in [0.4, 0.5) is 0 Å². The zero-order valence-electron chi connectivity index (χ0n) is 11.5. The highest BCUT2D eigenvalue weighted by Gasteiger charge is 2.22. The predicted octanol–water partition coefficient (Wildman–Crippen LogP) is -0.537. The lowest BCUT2D eigenvalue weighted by atomic mass is 9.94. The van der Waals surface area contributed by atoms with Crippen molar-refractivity contribution < 1.29 is 23.1 Å². The number of piperidine rings is 1. The van der Waals surface area contributed by atoms with Gasteiger partial charge >= 0.3 is 5.97 Å². The quantitative estimate of drug-likeness (QED) is 0.622. The monoisotopic (exact) mass is 306 g/mol. The highest BCUT2D eigenvalue weighted by atomic mass is 32.2. The maximum atomic E-state index is 11.7. The zero-order valence-corrected chi connectivity index (χ0v) is 12.3. The summed E-state index contributed by atoms with van der Waals surface area (Å²) in [6.07, 6.45) is 1.62. The Bertz CT molecular complexity index is 441. The molecule has 20 heavy (non-hydrogen) atoms. The molecule has 0 aromatic heterocycles. The highest BCUT2D eigenvalue weighted by molar-refractivity contribution is 7.91. The maximum absolute atomic E-state index is 11.7. The normalized spacial score (nSPS) is 18.0. The number of likely N-dealkylation sites (tertiary alicyclic amines) is 1. The van der Waals surface area contributed by atoms with E-state index >= 15 is 0 Å². The third-order valence-electron chi connectivity index (χ3n) is 3.55. The molecule has 7 nitrogen and oxygen atoms in total. The van der Waals surface area contributed by atoms with Crippen LogP contribution in [0.3, 0.4) is 0 Å². The van der Waals surface area contributed by atoms with E-state index in [2.05, 4.69) is 0 Å². The second-order valence-electron chi connectivity index (χ2n) is 5.25. The van der Waals surface area contributed by atoms with Crippen molar-refractivity contribution in [2.45, 2.75) is 25.7 Å². The van der Waals surface area contributed by atoms with Gasteiger partial charge in [-0.25, -0.2) is 8.42 Å². The van der Waals surface area contributed by atoms with Crippen molar-refractivity contribution in [2.24, 2.45) is 11.7 Å². The molecular weight excluding hydrogens is 284 g/mol. The van der Waals surface area contributed by atoms with Crippen LogP contribution in [-0.4, -0.2) is 61.4 Å². The number of carboxylic acids is 1. The minimum Gasteiger partial charge on any atom is -0.481 e. The first-order valence-corrected chi connectivity index (χ1v) is 8.53. The molecule has 0 aromatic rings. The smallest absolute Gasteiger partial charge is 0.303 e. The molecule has 1 rings (SSSR count). The Labute approximate surface area is 119 Å². The first kappa shape index (κ1) is 16.9. The second-order valence-corrected chi connectivity index (χ2v) is 7.55. The summed E-state index contributed by atoms with van der Waals surface area (Å²) in [6.45, 7) is 1.88. The number of nitrogens with two attached hydrogens (primary N) is 1. The molecule has 1 saturated heterocycles. The van der Waals surface area contributed by atoms with E-state index in [-0.39, 0.29) is 30.3 Å². The lowest BCUT2D eigenvalue weighted by molar-refractivity contribution is -0.138. The van der Waals surface area contributed by atoms with E-state index in [4.69, 9.17) is 10.8 Å². The average molecular weight is 306 g/mol. The summed E-state index contributed by atoms with van der Waals surface area (Å²) in [4.78, 5) is 23.2. The summed E-state index contributed by atoms with van der Waals surface area (Å²) in [5, 5.41) is 8.71. The van der Waals surface area contributed by atoms with Crippen LogP contribution in [0.2, 0.25) is 0 Å². The van der Waals surface area contributed by atoms with Crippen LogP contribution in [0.15, 0.2) is 0 Å². The molecule has 8 heteroatoms. The molecule has 0 radical (unpaired) electrons. The second kappa shape index (κ2) is 7.58. The summed E-state index contributed by atoms with van der Waals surface area (Å²) in [6, 6.07) is 0. The van der Waals surface area contributed by atoms with Gasteiger partial charge in [-0.05, 0) is 31.8 Å². The van der Waals surface area contributed by atoms with E-state index in [0.717, 1.165) is 25.9 Å². The van der Waals surface area contributed by atoms with E-state index in [9.17, 15) is 18.0 Å².